The van der Waals surface area contributed by atoms with Gasteiger partial charge in [-0.15, -0.1) is 24.0 Å². The van der Waals surface area contributed by atoms with Gasteiger partial charge in [-0.3, -0.25) is 9.89 Å². The van der Waals surface area contributed by atoms with Crippen molar-refractivity contribution in [3.8, 4) is 0 Å². The van der Waals surface area contributed by atoms with E-state index in [1.165, 1.54) is 25.7 Å². The molecule has 2 rings (SSSR count). The third kappa shape index (κ3) is 7.25. The van der Waals surface area contributed by atoms with Crippen molar-refractivity contribution >= 4 is 41.7 Å². The molecule has 142 valence electrons. The Morgan fingerprint density at radius 1 is 1.25 bits per heavy atom. The third-order valence-corrected chi connectivity index (χ3v) is 6.18. The fourth-order valence-electron chi connectivity index (χ4n) is 3.50. The molecule has 0 bridgehead atoms. The first-order valence-corrected chi connectivity index (χ1v) is 10.4. The topological polar surface area (TPSA) is 42.9 Å². The number of nitrogens with zero attached hydrogens (tertiary/aromatic N) is 3. The molecule has 0 aromatic carbocycles. The Morgan fingerprint density at radius 3 is 2.75 bits per heavy atom. The van der Waals surface area contributed by atoms with Crippen LogP contribution in [0.2, 0.25) is 0 Å². The Balaban J connectivity index is 0.00000288. The highest BCUT2D eigenvalue weighted by Crippen LogP contribution is 2.26. The van der Waals surface area contributed by atoms with Crippen LogP contribution in [0.3, 0.4) is 0 Å². The second-order valence-electron chi connectivity index (χ2n) is 6.98. The van der Waals surface area contributed by atoms with Crippen LogP contribution in [0, 0.1) is 0 Å². The van der Waals surface area contributed by atoms with Crippen molar-refractivity contribution in [3.05, 3.63) is 0 Å². The van der Waals surface area contributed by atoms with Crippen molar-refractivity contribution in [3.63, 3.8) is 0 Å². The highest BCUT2D eigenvalue weighted by Gasteiger charge is 2.23. The van der Waals surface area contributed by atoms with Crippen LogP contribution in [-0.2, 0) is 0 Å². The minimum Gasteiger partial charge on any atom is -0.357 e. The van der Waals surface area contributed by atoms with Crippen molar-refractivity contribution in [2.75, 3.05) is 53.1 Å². The summed E-state index contributed by atoms with van der Waals surface area (Å²) in [6.45, 7) is 7.34. The maximum atomic E-state index is 4.89. The lowest BCUT2D eigenvalue weighted by Gasteiger charge is -2.37. The molecule has 3 atom stereocenters. The van der Waals surface area contributed by atoms with Gasteiger partial charge in [0.15, 0.2) is 5.96 Å². The molecular formula is C17H36IN5S. The number of aliphatic imine (C=N–C) groups is 1. The van der Waals surface area contributed by atoms with Crippen LogP contribution in [0.4, 0.5) is 0 Å². The summed E-state index contributed by atoms with van der Waals surface area (Å²) in [6.07, 6.45) is 7.47. The van der Waals surface area contributed by atoms with E-state index >= 15 is 0 Å². The standard InChI is InChI=1S/C17H35N5S.HI/c1-5-18-17(20-14-7-6-8-16(11-14)23-4)19-12-15-13-21(2)9-10-22(15)3;/h14-16H,5-13H2,1-4H3,(H2,18,19,20);1H. The van der Waals surface area contributed by atoms with Gasteiger partial charge >= 0.3 is 0 Å². The van der Waals surface area contributed by atoms with Crippen LogP contribution < -0.4 is 10.6 Å². The molecule has 24 heavy (non-hydrogen) atoms. The van der Waals surface area contributed by atoms with E-state index in [2.05, 4.69) is 47.7 Å². The molecule has 3 unspecified atom stereocenters. The first-order valence-electron chi connectivity index (χ1n) is 9.08. The number of rotatable bonds is 5. The van der Waals surface area contributed by atoms with E-state index in [9.17, 15) is 0 Å². The van der Waals surface area contributed by atoms with Crippen LogP contribution in [0.1, 0.15) is 32.6 Å². The summed E-state index contributed by atoms with van der Waals surface area (Å²) in [6, 6.07) is 1.10. The van der Waals surface area contributed by atoms with Crippen LogP contribution in [0.5, 0.6) is 0 Å². The number of hydrogen-bond donors (Lipinski definition) is 2. The maximum Gasteiger partial charge on any atom is 0.191 e. The molecule has 1 aliphatic heterocycles. The predicted molar refractivity (Wildman–Crippen MR) is 118 cm³/mol. The van der Waals surface area contributed by atoms with Crippen molar-refractivity contribution in [1.82, 2.24) is 20.4 Å². The molecule has 1 aliphatic carbocycles. The Labute approximate surface area is 169 Å². The molecular weight excluding hydrogens is 433 g/mol. The summed E-state index contributed by atoms with van der Waals surface area (Å²) in [5.74, 6) is 1.00. The predicted octanol–water partition coefficient (Wildman–Crippen LogP) is 2.08. The van der Waals surface area contributed by atoms with Gasteiger partial charge in [0.05, 0.1) is 6.54 Å². The average molecular weight is 469 g/mol. The largest absolute Gasteiger partial charge is 0.357 e. The number of thioether (sulfide) groups is 1. The van der Waals surface area contributed by atoms with Gasteiger partial charge in [0, 0.05) is 43.5 Å². The zero-order valence-corrected chi connectivity index (χ0v) is 18.9. The summed E-state index contributed by atoms with van der Waals surface area (Å²) in [5, 5.41) is 7.92. The van der Waals surface area contributed by atoms with Gasteiger partial charge in [0.2, 0.25) is 0 Å². The maximum absolute atomic E-state index is 4.89. The molecule has 7 heteroatoms. The SMILES string of the molecule is CCNC(=NCC1CN(C)CCN1C)NC1CCCC(SC)C1.I. The minimum absolute atomic E-state index is 0. The molecule has 0 amide bonds. The molecule has 5 nitrogen and oxygen atoms in total. The van der Waals surface area contributed by atoms with Crippen molar-refractivity contribution in [2.45, 2.75) is 49.9 Å². The molecule has 1 heterocycles. The summed E-state index contributed by atoms with van der Waals surface area (Å²) in [4.78, 5) is 9.74. The summed E-state index contributed by atoms with van der Waals surface area (Å²) < 4.78 is 0. The zero-order valence-electron chi connectivity index (χ0n) is 15.8. The molecule has 2 fully saturated rings. The highest BCUT2D eigenvalue weighted by molar-refractivity contribution is 14.0. The smallest absolute Gasteiger partial charge is 0.191 e. The van der Waals surface area contributed by atoms with E-state index in [1.54, 1.807) is 0 Å². The van der Waals surface area contributed by atoms with Gasteiger partial charge in [0.25, 0.3) is 0 Å². The monoisotopic (exact) mass is 469 g/mol. The van der Waals surface area contributed by atoms with Gasteiger partial charge in [-0.2, -0.15) is 11.8 Å². The van der Waals surface area contributed by atoms with E-state index in [-0.39, 0.29) is 24.0 Å². The van der Waals surface area contributed by atoms with Crippen LogP contribution in [-0.4, -0.2) is 86.2 Å². The number of guanidine groups is 1. The van der Waals surface area contributed by atoms with E-state index in [0.29, 0.717) is 12.1 Å². The highest BCUT2D eigenvalue weighted by atomic mass is 127. The number of nitrogens with one attached hydrogen (secondary N) is 2. The number of piperazine rings is 1. The first-order chi connectivity index (χ1) is 11.1. The van der Waals surface area contributed by atoms with E-state index < -0.39 is 0 Å². The number of halogens is 1. The second kappa shape index (κ2) is 11.8. The Kier molecular flexibility index (Phi) is 11.0. The van der Waals surface area contributed by atoms with Gasteiger partial charge in [-0.05, 0) is 46.5 Å². The molecule has 0 aromatic heterocycles. The lowest BCUT2D eigenvalue weighted by molar-refractivity contribution is 0.119. The van der Waals surface area contributed by atoms with Crippen LogP contribution in [0.15, 0.2) is 4.99 Å². The zero-order chi connectivity index (χ0) is 16.7. The van der Waals surface area contributed by atoms with Gasteiger partial charge in [-0.1, -0.05) is 6.42 Å². The van der Waals surface area contributed by atoms with E-state index in [1.807, 2.05) is 11.8 Å². The molecule has 0 spiro atoms. The summed E-state index contributed by atoms with van der Waals surface area (Å²) in [5.41, 5.74) is 0. The summed E-state index contributed by atoms with van der Waals surface area (Å²) >= 11 is 2.01. The lowest BCUT2D eigenvalue weighted by Crippen LogP contribution is -2.52. The lowest BCUT2D eigenvalue weighted by atomic mass is 9.95. The van der Waals surface area contributed by atoms with Gasteiger partial charge in [-0.25, -0.2) is 0 Å². The fourth-order valence-corrected chi connectivity index (χ4v) is 4.33. The fraction of sp³-hybridized carbons (Fsp3) is 0.941. The van der Waals surface area contributed by atoms with Crippen molar-refractivity contribution in [1.29, 1.82) is 0 Å². The Hall–Kier alpha value is 0.270. The molecule has 2 aliphatic rings. The molecule has 0 radical (unpaired) electrons. The normalized spacial score (nSPS) is 29.8. The van der Waals surface area contributed by atoms with Crippen LogP contribution >= 0.6 is 35.7 Å². The molecule has 0 aromatic rings. The summed E-state index contributed by atoms with van der Waals surface area (Å²) in [7, 11) is 4.43. The Bertz CT molecular complexity index is 382. The molecule has 2 N–H and O–H groups in total. The second-order valence-corrected chi connectivity index (χ2v) is 8.12. The minimum atomic E-state index is 0. The van der Waals surface area contributed by atoms with Gasteiger partial charge < -0.3 is 15.5 Å². The molecule has 1 saturated heterocycles. The number of likely N-dealkylation sites (N-methyl/N-ethyl adjacent to an activating group) is 2. The van der Waals surface area contributed by atoms with Crippen molar-refractivity contribution in [2.24, 2.45) is 4.99 Å². The van der Waals surface area contributed by atoms with E-state index in [4.69, 9.17) is 4.99 Å². The quantitative estimate of drug-likeness (QED) is 0.367. The first kappa shape index (κ1) is 22.3. The third-order valence-electron chi connectivity index (χ3n) is 5.08. The van der Waals surface area contributed by atoms with Crippen molar-refractivity contribution < 1.29 is 0 Å². The number of hydrogen-bond acceptors (Lipinski definition) is 4. The van der Waals surface area contributed by atoms with Gasteiger partial charge in [0.1, 0.15) is 0 Å². The Morgan fingerprint density at radius 2 is 2.04 bits per heavy atom. The average Bonchev–Trinajstić information content (AvgIpc) is 2.56. The van der Waals surface area contributed by atoms with E-state index in [0.717, 1.165) is 43.9 Å². The van der Waals surface area contributed by atoms with Crippen LogP contribution in [0.25, 0.3) is 0 Å². The molecule has 1 saturated carbocycles.